The van der Waals surface area contributed by atoms with Gasteiger partial charge in [0.2, 0.25) is 0 Å². The molecule has 1 aliphatic heterocycles. The molecule has 0 radical (unpaired) electrons. The maximum atomic E-state index is 12.4. The van der Waals surface area contributed by atoms with Gasteiger partial charge >= 0.3 is 0 Å². The first-order chi connectivity index (χ1) is 12.2. The zero-order valence-electron chi connectivity index (χ0n) is 13.5. The molecule has 126 valence electrons. The van der Waals surface area contributed by atoms with Gasteiger partial charge in [-0.05, 0) is 30.7 Å². The number of aromatic nitrogens is 1. The minimum absolute atomic E-state index is 0.0895. The molecule has 0 aliphatic carbocycles. The van der Waals surface area contributed by atoms with E-state index in [9.17, 15) is 9.59 Å². The van der Waals surface area contributed by atoms with Crippen molar-refractivity contribution in [1.82, 2.24) is 15.2 Å². The Morgan fingerprint density at radius 2 is 2.00 bits per heavy atom. The zero-order chi connectivity index (χ0) is 17.2. The molecule has 1 aromatic carbocycles. The van der Waals surface area contributed by atoms with Gasteiger partial charge in [-0.25, -0.2) is 0 Å². The van der Waals surface area contributed by atoms with Crippen LogP contribution in [-0.2, 0) is 0 Å². The average Bonchev–Trinajstić information content (AvgIpc) is 3.28. The molecule has 3 heterocycles. The lowest BCUT2D eigenvalue weighted by atomic mass is 10.2. The number of nitrogens with zero attached hydrogens (tertiary/aromatic N) is 2. The molecule has 1 saturated heterocycles. The predicted molar refractivity (Wildman–Crippen MR) is 92.2 cm³/mol. The van der Waals surface area contributed by atoms with Crippen LogP contribution in [0, 0.1) is 0 Å². The number of furan rings is 1. The first-order valence-electron chi connectivity index (χ1n) is 8.20. The molecule has 0 bridgehead atoms. The highest BCUT2D eigenvalue weighted by molar-refractivity contribution is 5.96. The Labute approximate surface area is 144 Å². The molecule has 3 aromatic rings. The van der Waals surface area contributed by atoms with Crippen LogP contribution in [0.1, 0.15) is 27.5 Å². The Kier molecular flexibility index (Phi) is 3.93. The Morgan fingerprint density at radius 3 is 2.80 bits per heavy atom. The van der Waals surface area contributed by atoms with Crippen LogP contribution in [0.15, 0.2) is 59.1 Å². The van der Waals surface area contributed by atoms with Crippen LogP contribution in [0.3, 0.4) is 0 Å². The summed E-state index contributed by atoms with van der Waals surface area (Å²) in [6.07, 6.45) is 2.31. The highest BCUT2D eigenvalue weighted by atomic mass is 16.3. The molecule has 1 N–H and O–H groups in total. The number of rotatable bonds is 3. The van der Waals surface area contributed by atoms with Crippen molar-refractivity contribution in [3.8, 4) is 0 Å². The third-order valence-corrected chi connectivity index (χ3v) is 4.34. The molecule has 25 heavy (non-hydrogen) atoms. The fourth-order valence-electron chi connectivity index (χ4n) is 3.06. The lowest BCUT2D eigenvalue weighted by Gasteiger charge is -2.16. The molecule has 1 atom stereocenters. The van der Waals surface area contributed by atoms with E-state index in [4.69, 9.17) is 4.42 Å². The summed E-state index contributed by atoms with van der Waals surface area (Å²) in [6.45, 7) is 1.07. The van der Waals surface area contributed by atoms with E-state index in [1.807, 2.05) is 24.3 Å². The van der Waals surface area contributed by atoms with Crippen molar-refractivity contribution in [3.05, 3.63) is 66.2 Å². The predicted octanol–water partition coefficient (Wildman–Crippen LogP) is 2.47. The number of carbonyl (C=O) groups is 2. The van der Waals surface area contributed by atoms with Crippen LogP contribution in [0.4, 0.5) is 0 Å². The maximum Gasteiger partial charge on any atom is 0.287 e. The van der Waals surface area contributed by atoms with Gasteiger partial charge in [0.25, 0.3) is 11.8 Å². The van der Waals surface area contributed by atoms with Crippen molar-refractivity contribution in [1.29, 1.82) is 0 Å². The third kappa shape index (κ3) is 3.10. The van der Waals surface area contributed by atoms with E-state index in [0.29, 0.717) is 30.8 Å². The summed E-state index contributed by atoms with van der Waals surface area (Å²) in [5, 5.41) is 3.84. The van der Waals surface area contributed by atoms with E-state index in [0.717, 1.165) is 5.39 Å². The van der Waals surface area contributed by atoms with Gasteiger partial charge in [-0.2, -0.15) is 0 Å². The summed E-state index contributed by atoms with van der Waals surface area (Å²) in [4.78, 5) is 30.6. The van der Waals surface area contributed by atoms with Crippen LogP contribution in [-0.4, -0.2) is 40.8 Å². The quantitative estimate of drug-likeness (QED) is 0.798. The monoisotopic (exact) mass is 335 g/mol. The minimum Gasteiger partial charge on any atom is -0.451 e. The van der Waals surface area contributed by atoms with E-state index in [2.05, 4.69) is 10.3 Å². The van der Waals surface area contributed by atoms with Crippen molar-refractivity contribution in [2.45, 2.75) is 12.5 Å². The molecule has 2 aromatic heterocycles. The van der Waals surface area contributed by atoms with Crippen molar-refractivity contribution in [2.75, 3.05) is 13.1 Å². The van der Waals surface area contributed by atoms with Crippen molar-refractivity contribution in [2.24, 2.45) is 0 Å². The normalized spacial score (nSPS) is 17.0. The summed E-state index contributed by atoms with van der Waals surface area (Å²) in [6, 6.07) is 14.4. The molecule has 1 aliphatic rings. The number of amides is 2. The summed E-state index contributed by atoms with van der Waals surface area (Å²) >= 11 is 0. The van der Waals surface area contributed by atoms with Gasteiger partial charge in [-0.1, -0.05) is 24.3 Å². The average molecular weight is 335 g/mol. The maximum absolute atomic E-state index is 12.4. The van der Waals surface area contributed by atoms with Gasteiger partial charge in [0.1, 0.15) is 11.3 Å². The topological polar surface area (TPSA) is 75.4 Å². The van der Waals surface area contributed by atoms with Gasteiger partial charge in [0.15, 0.2) is 5.76 Å². The minimum atomic E-state index is -0.256. The highest BCUT2D eigenvalue weighted by Crippen LogP contribution is 2.19. The summed E-state index contributed by atoms with van der Waals surface area (Å²) < 4.78 is 5.58. The number of benzene rings is 1. The Bertz CT molecular complexity index is 887. The van der Waals surface area contributed by atoms with Crippen molar-refractivity contribution >= 4 is 22.8 Å². The zero-order valence-corrected chi connectivity index (χ0v) is 13.5. The van der Waals surface area contributed by atoms with Crippen molar-refractivity contribution in [3.63, 3.8) is 0 Å². The number of hydrogen-bond acceptors (Lipinski definition) is 4. The van der Waals surface area contributed by atoms with E-state index >= 15 is 0 Å². The summed E-state index contributed by atoms with van der Waals surface area (Å²) in [5.41, 5.74) is 1.11. The molecular formula is C19H17N3O3. The SMILES string of the molecule is O=C(N[C@H]1CCN(C(=O)c2ccccn2)C1)c1cc2ccccc2o1. The molecule has 6 heteroatoms. The van der Waals surface area contributed by atoms with Gasteiger partial charge in [-0.15, -0.1) is 0 Å². The van der Waals surface area contributed by atoms with Gasteiger partial charge < -0.3 is 14.6 Å². The number of likely N-dealkylation sites (tertiary alicyclic amines) is 1. The first-order valence-corrected chi connectivity index (χ1v) is 8.20. The molecule has 2 amide bonds. The second kappa shape index (κ2) is 6.39. The molecule has 0 saturated carbocycles. The van der Waals surface area contributed by atoms with Crippen LogP contribution >= 0.6 is 0 Å². The van der Waals surface area contributed by atoms with Crippen LogP contribution < -0.4 is 5.32 Å². The number of para-hydroxylation sites is 1. The second-order valence-electron chi connectivity index (χ2n) is 6.07. The van der Waals surface area contributed by atoms with Crippen molar-refractivity contribution < 1.29 is 14.0 Å². The van der Waals surface area contributed by atoms with Crippen LogP contribution in [0.5, 0.6) is 0 Å². The standard InChI is InChI=1S/C19H17N3O3/c23-18(17-11-13-5-1-2-7-16(13)25-17)21-14-8-10-22(12-14)19(24)15-6-3-4-9-20-15/h1-7,9,11,14H,8,10,12H2,(H,21,23)/t14-/m0/s1. The Morgan fingerprint density at radius 1 is 1.16 bits per heavy atom. The number of nitrogens with one attached hydrogen (secondary N) is 1. The number of carbonyl (C=O) groups excluding carboxylic acids is 2. The van der Waals surface area contributed by atoms with Crippen LogP contribution in [0.25, 0.3) is 11.0 Å². The smallest absolute Gasteiger partial charge is 0.287 e. The van der Waals surface area contributed by atoms with Gasteiger partial charge in [0.05, 0.1) is 0 Å². The number of pyridine rings is 1. The lowest BCUT2D eigenvalue weighted by Crippen LogP contribution is -2.38. The van der Waals surface area contributed by atoms with E-state index in [1.54, 1.807) is 35.4 Å². The van der Waals surface area contributed by atoms with Crippen LogP contribution in [0.2, 0.25) is 0 Å². The number of fused-ring (bicyclic) bond motifs is 1. The largest absolute Gasteiger partial charge is 0.451 e. The lowest BCUT2D eigenvalue weighted by molar-refractivity contribution is 0.0776. The molecule has 6 nitrogen and oxygen atoms in total. The summed E-state index contributed by atoms with van der Waals surface area (Å²) in [7, 11) is 0. The molecule has 0 unspecified atom stereocenters. The first kappa shape index (κ1) is 15.4. The van der Waals surface area contributed by atoms with E-state index in [-0.39, 0.29) is 23.6 Å². The third-order valence-electron chi connectivity index (χ3n) is 4.34. The Hall–Kier alpha value is -3.15. The fraction of sp³-hybridized carbons (Fsp3) is 0.211. The molecule has 1 fully saturated rings. The van der Waals surface area contributed by atoms with E-state index < -0.39 is 0 Å². The molecule has 4 rings (SSSR count). The highest BCUT2D eigenvalue weighted by Gasteiger charge is 2.29. The van der Waals surface area contributed by atoms with Gasteiger partial charge in [0, 0.05) is 30.7 Å². The number of hydrogen-bond donors (Lipinski definition) is 1. The van der Waals surface area contributed by atoms with E-state index in [1.165, 1.54) is 0 Å². The van der Waals surface area contributed by atoms with Gasteiger partial charge in [-0.3, -0.25) is 14.6 Å². The Balaban J connectivity index is 1.40. The summed E-state index contributed by atoms with van der Waals surface area (Å²) in [5.74, 6) is -0.0786. The molecular weight excluding hydrogens is 318 g/mol. The fourth-order valence-corrected chi connectivity index (χ4v) is 3.06. The molecule has 0 spiro atoms. The second-order valence-corrected chi connectivity index (χ2v) is 6.07.